The summed E-state index contributed by atoms with van der Waals surface area (Å²) in [5.41, 5.74) is -0.803. The lowest BCUT2D eigenvalue weighted by Gasteiger charge is -2.26. The number of hydrogen-bond acceptors (Lipinski definition) is 7. The van der Waals surface area contributed by atoms with E-state index in [4.69, 9.17) is 14.6 Å². The lowest BCUT2D eigenvalue weighted by Crippen LogP contribution is -2.50. The molecule has 0 saturated heterocycles. The number of carbonyl (C=O) groups is 4. The first-order valence-electron chi connectivity index (χ1n) is 6.88. The van der Waals surface area contributed by atoms with E-state index in [9.17, 15) is 19.2 Å². The molecule has 9 nitrogen and oxygen atoms in total. The van der Waals surface area contributed by atoms with Crippen molar-refractivity contribution in [2.75, 3.05) is 13.7 Å². The number of amides is 1. The first-order chi connectivity index (χ1) is 10.5. The summed E-state index contributed by atoms with van der Waals surface area (Å²) in [5.74, 6) is -3.73. The Morgan fingerprint density at radius 3 is 2.13 bits per heavy atom. The van der Waals surface area contributed by atoms with Crippen molar-refractivity contribution in [3.63, 3.8) is 0 Å². The minimum atomic E-state index is -1.33. The zero-order valence-electron chi connectivity index (χ0n) is 13.9. The largest absolute Gasteiger partial charge is 0.481 e. The number of carboxylic acid groups (broad SMARTS) is 1. The Balaban J connectivity index is 5.18. The molecule has 9 heteroatoms. The molecule has 0 aromatic carbocycles. The molecule has 2 N–H and O–H groups in total. The maximum Gasteiger partial charge on any atom is 0.408 e. The predicted molar refractivity (Wildman–Crippen MR) is 77.5 cm³/mol. The molecule has 0 bridgehead atoms. The minimum absolute atomic E-state index is 0.364. The van der Waals surface area contributed by atoms with Gasteiger partial charge >= 0.3 is 24.0 Å². The van der Waals surface area contributed by atoms with E-state index in [2.05, 4.69) is 10.1 Å². The molecule has 0 rings (SSSR count). The third-order valence-corrected chi connectivity index (χ3v) is 2.54. The molecule has 0 aliphatic rings. The second-order valence-electron chi connectivity index (χ2n) is 5.81. The Kier molecular flexibility index (Phi) is 8.06. The molecule has 0 saturated carbocycles. The summed E-state index contributed by atoms with van der Waals surface area (Å²) in [6.07, 6.45) is -1.42. The van der Waals surface area contributed by atoms with Gasteiger partial charge in [-0.05, 0) is 20.8 Å². The summed E-state index contributed by atoms with van der Waals surface area (Å²) >= 11 is 0. The van der Waals surface area contributed by atoms with Crippen LogP contribution in [0.3, 0.4) is 0 Å². The molecule has 0 aliphatic carbocycles. The Morgan fingerprint density at radius 2 is 1.74 bits per heavy atom. The number of rotatable bonds is 7. The topological polar surface area (TPSA) is 128 Å². The van der Waals surface area contributed by atoms with Crippen LogP contribution in [0.5, 0.6) is 0 Å². The van der Waals surface area contributed by atoms with Crippen molar-refractivity contribution in [1.29, 1.82) is 0 Å². The van der Waals surface area contributed by atoms with Gasteiger partial charge in [-0.1, -0.05) is 0 Å². The number of hydrogen-bond donors (Lipinski definition) is 2. The maximum atomic E-state index is 11.9. The number of alkyl carbamates (subject to hydrolysis) is 1. The van der Waals surface area contributed by atoms with Gasteiger partial charge in [0.25, 0.3) is 0 Å². The molecular weight excluding hydrogens is 310 g/mol. The SMILES string of the molecule is COC(=O)[C@@H](NC(=O)OC(C)(C)C)[C@H](COC(C)=O)CC(=O)O. The van der Waals surface area contributed by atoms with E-state index in [0.717, 1.165) is 14.0 Å². The predicted octanol–water partition coefficient (Wildman–Crippen LogP) is 0.707. The number of esters is 2. The summed E-state index contributed by atoms with van der Waals surface area (Å²) in [7, 11) is 1.09. The van der Waals surface area contributed by atoms with E-state index < -0.39 is 48.0 Å². The number of nitrogens with one attached hydrogen (secondary N) is 1. The zero-order valence-corrected chi connectivity index (χ0v) is 13.9. The van der Waals surface area contributed by atoms with Crippen molar-refractivity contribution >= 4 is 24.0 Å². The highest BCUT2D eigenvalue weighted by molar-refractivity contribution is 5.82. The molecule has 1 amide bonds. The van der Waals surface area contributed by atoms with E-state index in [1.165, 1.54) is 0 Å². The molecule has 2 atom stereocenters. The van der Waals surface area contributed by atoms with Gasteiger partial charge in [0.15, 0.2) is 0 Å². The van der Waals surface area contributed by atoms with Gasteiger partial charge in [-0.25, -0.2) is 9.59 Å². The van der Waals surface area contributed by atoms with E-state index >= 15 is 0 Å². The number of carboxylic acids is 1. The monoisotopic (exact) mass is 333 g/mol. The highest BCUT2D eigenvalue weighted by atomic mass is 16.6. The summed E-state index contributed by atoms with van der Waals surface area (Å²) in [4.78, 5) is 45.5. The summed E-state index contributed by atoms with van der Waals surface area (Å²) < 4.78 is 14.4. The van der Waals surface area contributed by atoms with Crippen LogP contribution < -0.4 is 5.32 Å². The molecule has 0 radical (unpaired) electrons. The molecular formula is C14H23NO8. The first-order valence-corrected chi connectivity index (χ1v) is 6.88. The minimum Gasteiger partial charge on any atom is -0.481 e. The number of carbonyl (C=O) groups excluding carboxylic acids is 3. The molecule has 0 heterocycles. The van der Waals surface area contributed by atoms with Crippen molar-refractivity contribution in [2.24, 2.45) is 5.92 Å². The quantitative estimate of drug-likeness (QED) is 0.515. The fourth-order valence-corrected chi connectivity index (χ4v) is 1.65. The van der Waals surface area contributed by atoms with Gasteiger partial charge in [-0.2, -0.15) is 0 Å². The normalized spacial score (nSPS) is 13.4. The van der Waals surface area contributed by atoms with Crippen LogP contribution in [0.15, 0.2) is 0 Å². The third kappa shape index (κ3) is 9.33. The fraction of sp³-hybridized carbons (Fsp3) is 0.714. The zero-order chi connectivity index (χ0) is 18.2. The van der Waals surface area contributed by atoms with Crippen LogP contribution in [-0.2, 0) is 28.6 Å². The lowest BCUT2D eigenvalue weighted by molar-refractivity contribution is -0.151. The van der Waals surface area contributed by atoms with E-state index in [1.54, 1.807) is 20.8 Å². The molecule has 0 fully saturated rings. The molecule has 0 aromatic rings. The van der Waals surface area contributed by atoms with Gasteiger partial charge < -0.3 is 24.6 Å². The van der Waals surface area contributed by atoms with Crippen LogP contribution >= 0.6 is 0 Å². The Morgan fingerprint density at radius 1 is 1.17 bits per heavy atom. The van der Waals surface area contributed by atoms with Crippen molar-refractivity contribution in [3.8, 4) is 0 Å². The van der Waals surface area contributed by atoms with Gasteiger partial charge in [0.2, 0.25) is 0 Å². The van der Waals surface area contributed by atoms with Crippen molar-refractivity contribution < 1.29 is 38.5 Å². The van der Waals surface area contributed by atoms with E-state index in [1.807, 2.05) is 0 Å². The molecule has 0 aliphatic heterocycles. The first kappa shape index (κ1) is 20.7. The van der Waals surface area contributed by atoms with E-state index in [0.29, 0.717) is 0 Å². The van der Waals surface area contributed by atoms with Gasteiger partial charge in [-0.15, -0.1) is 0 Å². The van der Waals surface area contributed by atoms with Gasteiger partial charge in [0, 0.05) is 12.8 Å². The van der Waals surface area contributed by atoms with Crippen LogP contribution in [0.1, 0.15) is 34.1 Å². The van der Waals surface area contributed by atoms with Gasteiger partial charge in [0.1, 0.15) is 11.6 Å². The van der Waals surface area contributed by atoms with Crippen LogP contribution in [0.25, 0.3) is 0 Å². The number of aliphatic carboxylic acids is 1. The lowest BCUT2D eigenvalue weighted by atomic mass is 9.97. The average molecular weight is 333 g/mol. The summed E-state index contributed by atoms with van der Waals surface area (Å²) in [5, 5.41) is 11.2. The number of ether oxygens (including phenoxy) is 3. The average Bonchev–Trinajstić information content (AvgIpc) is 2.37. The fourth-order valence-electron chi connectivity index (χ4n) is 1.65. The smallest absolute Gasteiger partial charge is 0.408 e. The van der Waals surface area contributed by atoms with Gasteiger partial charge in [-0.3, -0.25) is 9.59 Å². The van der Waals surface area contributed by atoms with Crippen LogP contribution in [0, 0.1) is 5.92 Å². The second-order valence-corrected chi connectivity index (χ2v) is 5.81. The Hall–Kier alpha value is -2.32. The molecule has 0 aromatic heterocycles. The molecule has 0 spiro atoms. The Labute approximate surface area is 134 Å². The maximum absolute atomic E-state index is 11.9. The van der Waals surface area contributed by atoms with Gasteiger partial charge in [0.05, 0.1) is 20.1 Å². The van der Waals surface area contributed by atoms with E-state index in [-0.39, 0.29) is 6.61 Å². The van der Waals surface area contributed by atoms with Crippen LogP contribution in [-0.4, -0.2) is 54.5 Å². The van der Waals surface area contributed by atoms with Crippen LogP contribution in [0.2, 0.25) is 0 Å². The number of methoxy groups -OCH3 is 1. The third-order valence-electron chi connectivity index (χ3n) is 2.54. The summed E-state index contributed by atoms with van der Waals surface area (Å²) in [6, 6.07) is -1.33. The molecule has 0 unspecified atom stereocenters. The van der Waals surface area contributed by atoms with Crippen molar-refractivity contribution in [2.45, 2.75) is 45.8 Å². The second kappa shape index (κ2) is 8.96. The summed E-state index contributed by atoms with van der Waals surface area (Å²) in [6.45, 7) is 5.68. The highest BCUT2D eigenvalue weighted by Crippen LogP contribution is 2.14. The van der Waals surface area contributed by atoms with Crippen molar-refractivity contribution in [1.82, 2.24) is 5.32 Å². The van der Waals surface area contributed by atoms with Crippen molar-refractivity contribution in [3.05, 3.63) is 0 Å². The molecule has 132 valence electrons. The van der Waals surface area contributed by atoms with Crippen LogP contribution in [0.4, 0.5) is 4.79 Å². The highest BCUT2D eigenvalue weighted by Gasteiger charge is 2.34. The Bertz CT molecular complexity index is 454. The molecule has 23 heavy (non-hydrogen) atoms. The standard InChI is InChI=1S/C14H23NO8/c1-8(16)22-7-9(6-10(17)18)11(12(19)21-5)15-13(20)23-14(2,3)4/h9,11H,6-7H2,1-5H3,(H,15,20)(H,17,18)/t9-,11-/m0/s1.